The summed E-state index contributed by atoms with van der Waals surface area (Å²) in [4.78, 5) is 7.03. The van der Waals surface area contributed by atoms with Gasteiger partial charge in [0.05, 0.1) is 0 Å². The van der Waals surface area contributed by atoms with Crippen LogP contribution in [0.2, 0.25) is 0 Å². The summed E-state index contributed by atoms with van der Waals surface area (Å²) in [6, 6.07) is 2.20. The second-order valence-corrected chi connectivity index (χ2v) is 8.18. The van der Waals surface area contributed by atoms with E-state index in [1.54, 1.807) is 0 Å². The number of hydrogen-bond acceptors (Lipinski definition) is 3. The molecule has 1 aliphatic heterocycles. The second-order valence-electron chi connectivity index (χ2n) is 7.27. The first kappa shape index (κ1) is 15.4. The number of aromatic nitrogens is 1. The van der Waals surface area contributed by atoms with Crippen LogP contribution >= 0.6 is 15.9 Å². The summed E-state index contributed by atoms with van der Waals surface area (Å²) in [5.74, 6) is 0.853. The van der Waals surface area contributed by atoms with Crippen LogP contribution in [0.3, 0.4) is 0 Å². The highest BCUT2D eigenvalue weighted by atomic mass is 79.9. The molecule has 1 saturated heterocycles. The molecule has 21 heavy (non-hydrogen) atoms. The fraction of sp³-hybridized carbons (Fsp3) is 0.706. The molecule has 0 aromatic carbocycles. The summed E-state index contributed by atoms with van der Waals surface area (Å²) < 4.78 is 1.07. The minimum atomic E-state index is 0.230. The third kappa shape index (κ3) is 3.17. The van der Waals surface area contributed by atoms with E-state index in [9.17, 15) is 0 Å². The molecule has 1 saturated carbocycles. The molecule has 0 spiro atoms. The normalized spacial score (nSPS) is 34.1. The summed E-state index contributed by atoms with van der Waals surface area (Å²) >= 11 is 3.54. The maximum atomic E-state index is 4.33. The van der Waals surface area contributed by atoms with E-state index in [1.165, 1.54) is 24.8 Å². The van der Waals surface area contributed by atoms with E-state index in [4.69, 9.17) is 0 Å². The van der Waals surface area contributed by atoms with E-state index in [-0.39, 0.29) is 11.1 Å². The Morgan fingerprint density at radius 1 is 1.38 bits per heavy atom. The average Bonchev–Trinajstić information content (AvgIpc) is 3.28. The predicted octanol–water partition coefficient (Wildman–Crippen LogP) is 3.59. The maximum Gasteiger partial charge on any atom is 0.0410 e. The van der Waals surface area contributed by atoms with Crippen molar-refractivity contribution in [3.05, 3.63) is 28.5 Å². The van der Waals surface area contributed by atoms with E-state index >= 15 is 0 Å². The molecule has 116 valence electrons. The first-order valence-electron chi connectivity index (χ1n) is 8.05. The molecule has 3 nitrogen and oxygen atoms in total. The van der Waals surface area contributed by atoms with Crippen molar-refractivity contribution in [2.45, 2.75) is 57.7 Å². The van der Waals surface area contributed by atoms with Gasteiger partial charge in [0.2, 0.25) is 0 Å². The van der Waals surface area contributed by atoms with Gasteiger partial charge in [0.15, 0.2) is 0 Å². The Morgan fingerprint density at radius 2 is 2.14 bits per heavy atom. The predicted molar refractivity (Wildman–Crippen MR) is 90.2 cm³/mol. The molecule has 4 heteroatoms. The lowest BCUT2D eigenvalue weighted by Crippen LogP contribution is -2.68. The SMILES string of the molecule is CCC1(C)CN(Cc2cncc(Br)c2)C(C)(C2CC2)CN1. The lowest BCUT2D eigenvalue weighted by atomic mass is 9.84. The molecule has 2 heterocycles. The van der Waals surface area contributed by atoms with Gasteiger partial charge in [-0.2, -0.15) is 0 Å². The molecule has 1 aliphatic carbocycles. The van der Waals surface area contributed by atoms with Gasteiger partial charge in [-0.05, 0) is 66.6 Å². The zero-order valence-corrected chi connectivity index (χ0v) is 14.9. The van der Waals surface area contributed by atoms with E-state index in [0.29, 0.717) is 0 Å². The zero-order valence-electron chi connectivity index (χ0n) is 13.3. The molecule has 0 bridgehead atoms. The van der Waals surface area contributed by atoms with Crippen molar-refractivity contribution in [2.75, 3.05) is 13.1 Å². The largest absolute Gasteiger partial charge is 0.308 e. The van der Waals surface area contributed by atoms with E-state index < -0.39 is 0 Å². The number of nitrogens with one attached hydrogen (secondary N) is 1. The lowest BCUT2D eigenvalue weighted by Gasteiger charge is -2.52. The van der Waals surface area contributed by atoms with Crippen LogP contribution in [0.1, 0.15) is 45.6 Å². The molecule has 2 unspecified atom stereocenters. The summed E-state index contributed by atoms with van der Waals surface area (Å²) in [7, 11) is 0. The van der Waals surface area contributed by atoms with Crippen LogP contribution in [-0.4, -0.2) is 34.1 Å². The molecule has 1 aromatic rings. The molecular weight excluding hydrogens is 326 g/mol. The van der Waals surface area contributed by atoms with Crippen LogP contribution in [-0.2, 0) is 6.54 Å². The highest BCUT2D eigenvalue weighted by molar-refractivity contribution is 9.10. The van der Waals surface area contributed by atoms with Crippen molar-refractivity contribution in [1.29, 1.82) is 0 Å². The van der Waals surface area contributed by atoms with Gasteiger partial charge in [-0.1, -0.05) is 6.92 Å². The van der Waals surface area contributed by atoms with Crippen LogP contribution < -0.4 is 5.32 Å². The van der Waals surface area contributed by atoms with Crippen molar-refractivity contribution in [2.24, 2.45) is 5.92 Å². The fourth-order valence-corrected chi connectivity index (χ4v) is 3.92. The first-order valence-corrected chi connectivity index (χ1v) is 8.84. The Balaban J connectivity index is 1.83. The van der Waals surface area contributed by atoms with Crippen LogP contribution in [0.5, 0.6) is 0 Å². The molecule has 2 fully saturated rings. The summed E-state index contributed by atoms with van der Waals surface area (Å²) in [5, 5.41) is 3.82. The second kappa shape index (κ2) is 5.64. The number of nitrogens with zero attached hydrogens (tertiary/aromatic N) is 2. The Kier molecular flexibility index (Phi) is 4.15. The molecule has 0 amide bonds. The zero-order chi connectivity index (χ0) is 15.1. The van der Waals surface area contributed by atoms with Crippen molar-refractivity contribution < 1.29 is 0 Å². The van der Waals surface area contributed by atoms with Crippen LogP contribution in [0.4, 0.5) is 0 Å². The fourth-order valence-electron chi connectivity index (χ4n) is 3.51. The first-order chi connectivity index (χ1) is 9.95. The number of rotatable bonds is 4. The van der Waals surface area contributed by atoms with Crippen molar-refractivity contribution >= 4 is 15.9 Å². The minimum absolute atomic E-state index is 0.230. The van der Waals surface area contributed by atoms with Gasteiger partial charge in [0.25, 0.3) is 0 Å². The van der Waals surface area contributed by atoms with Gasteiger partial charge in [-0.3, -0.25) is 9.88 Å². The van der Waals surface area contributed by atoms with Crippen LogP contribution in [0.25, 0.3) is 0 Å². The number of hydrogen-bond donors (Lipinski definition) is 1. The van der Waals surface area contributed by atoms with Gasteiger partial charge in [0.1, 0.15) is 0 Å². The molecule has 2 aliphatic rings. The number of halogens is 1. The van der Waals surface area contributed by atoms with Crippen molar-refractivity contribution in [3.63, 3.8) is 0 Å². The number of piperazine rings is 1. The highest BCUT2D eigenvalue weighted by Gasteiger charge is 2.50. The van der Waals surface area contributed by atoms with Crippen molar-refractivity contribution in [1.82, 2.24) is 15.2 Å². The standard InChI is InChI=1S/C17H26BrN3/c1-4-16(2)12-21(10-13-7-15(18)9-19-8-13)17(3,11-20-16)14-5-6-14/h7-9,14,20H,4-6,10-12H2,1-3H3. The topological polar surface area (TPSA) is 28.2 Å². The lowest BCUT2D eigenvalue weighted by molar-refractivity contribution is -0.00141. The monoisotopic (exact) mass is 351 g/mol. The van der Waals surface area contributed by atoms with E-state index in [2.05, 4.69) is 58.0 Å². The van der Waals surface area contributed by atoms with Gasteiger partial charge in [-0.25, -0.2) is 0 Å². The third-order valence-electron chi connectivity index (χ3n) is 5.51. The highest BCUT2D eigenvalue weighted by Crippen LogP contribution is 2.45. The third-order valence-corrected chi connectivity index (χ3v) is 5.94. The Hall–Kier alpha value is -0.450. The molecule has 1 aromatic heterocycles. The van der Waals surface area contributed by atoms with Crippen LogP contribution in [0, 0.1) is 5.92 Å². The van der Waals surface area contributed by atoms with Gasteiger partial charge in [0, 0.05) is 47.6 Å². The summed E-state index contributed by atoms with van der Waals surface area (Å²) in [5.41, 5.74) is 1.82. The number of pyridine rings is 1. The Bertz CT molecular complexity index is 517. The van der Waals surface area contributed by atoms with Gasteiger partial charge in [-0.15, -0.1) is 0 Å². The smallest absolute Gasteiger partial charge is 0.0410 e. The average molecular weight is 352 g/mol. The molecule has 1 N–H and O–H groups in total. The summed E-state index contributed by atoms with van der Waals surface area (Å²) in [6.07, 6.45) is 7.80. The Morgan fingerprint density at radius 3 is 2.76 bits per heavy atom. The van der Waals surface area contributed by atoms with Gasteiger partial charge < -0.3 is 5.32 Å². The maximum absolute atomic E-state index is 4.33. The molecular formula is C17H26BrN3. The molecule has 0 radical (unpaired) electrons. The van der Waals surface area contributed by atoms with Crippen LogP contribution in [0.15, 0.2) is 22.9 Å². The summed E-state index contributed by atoms with van der Waals surface area (Å²) in [6.45, 7) is 10.3. The van der Waals surface area contributed by atoms with Gasteiger partial charge >= 0.3 is 0 Å². The van der Waals surface area contributed by atoms with E-state index in [1.807, 2.05) is 12.4 Å². The Labute approximate surface area is 136 Å². The molecule has 3 rings (SSSR count). The molecule has 2 atom stereocenters. The van der Waals surface area contributed by atoms with Crippen molar-refractivity contribution in [3.8, 4) is 0 Å². The minimum Gasteiger partial charge on any atom is -0.308 e. The quantitative estimate of drug-likeness (QED) is 0.898. The van der Waals surface area contributed by atoms with E-state index in [0.717, 1.165) is 30.0 Å².